The van der Waals surface area contributed by atoms with Crippen LogP contribution in [-0.4, -0.2) is 28.9 Å². The summed E-state index contributed by atoms with van der Waals surface area (Å²) in [6.45, 7) is 4.47. The van der Waals surface area contributed by atoms with Crippen LogP contribution in [0.5, 0.6) is 0 Å². The first-order valence-electron chi connectivity index (χ1n) is 8.94. The van der Waals surface area contributed by atoms with Crippen LogP contribution in [0.15, 0.2) is 35.2 Å². The van der Waals surface area contributed by atoms with Gasteiger partial charge in [0.2, 0.25) is 5.91 Å². The molecule has 2 rings (SSSR count). The summed E-state index contributed by atoms with van der Waals surface area (Å²) in [7, 11) is 0. The summed E-state index contributed by atoms with van der Waals surface area (Å²) in [5.41, 5.74) is 1.07. The molecule has 4 heteroatoms. The summed E-state index contributed by atoms with van der Waals surface area (Å²) >= 11 is 1.84. The minimum atomic E-state index is -0.407. The Morgan fingerprint density at radius 3 is 2.83 bits per heavy atom. The molecule has 2 atom stereocenters. The van der Waals surface area contributed by atoms with Crippen LogP contribution >= 0.6 is 11.8 Å². The molecule has 132 valence electrons. The number of carbonyl (C=O) groups excluding carboxylic acids is 1. The van der Waals surface area contributed by atoms with Crippen molar-refractivity contribution in [3.05, 3.63) is 35.9 Å². The van der Waals surface area contributed by atoms with E-state index in [2.05, 4.69) is 25.2 Å². The van der Waals surface area contributed by atoms with Gasteiger partial charge < -0.3 is 10.4 Å². The minimum Gasteiger partial charge on any atom is -0.391 e. The molecule has 24 heavy (non-hydrogen) atoms. The summed E-state index contributed by atoms with van der Waals surface area (Å²) < 4.78 is 0. The highest BCUT2D eigenvalue weighted by atomic mass is 32.2. The van der Waals surface area contributed by atoms with Crippen molar-refractivity contribution >= 4 is 23.7 Å². The maximum absolute atomic E-state index is 12.1. The van der Waals surface area contributed by atoms with E-state index in [1.807, 2.05) is 36.0 Å². The molecule has 1 aromatic rings. The Balaban J connectivity index is 1.91. The van der Waals surface area contributed by atoms with Gasteiger partial charge in [0.15, 0.2) is 0 Å². The van der Waals surface area contributed by atoms with E-state index in [1.54, 1.807) is 6.08 Å². The predicted octanol–water partition coefficient (Wildman–Crippen LogP) is 4.26. The highest BCUT2D eigenvalue weighted by molar-refractivity contribution is 7.99. The molecule has 3 nitrogen and oxygen atoms in total. The van der Waals surface area contributed by atoms with E-state index in [0.29, 0.717) is 5.92 Å². The second kappa shape index (κ2) is 9.90. The highest BCUT2D eigenvalue weighted by Gasteiger charge is 2.23. The molecule has 0 heterocycles. The number of hydrogen-bond donors (Lipinski definition) is 2. The quantitative estimate of drug-likeness (QED) is 0.572. The average Bonchev–Trinajstić information content (AvgIpc) is 2.56. The number of hydrogen-bond acceptors (Lipinski definition) is 3. The number of benzene rings is 1. The fraction of sp³-hybridized carbons (Fsp3) is 0.550. The maximum atomic E-state index is 12.1. The second-order valence-electron chi connectivity index (χ2n) is 6.87. The van der Waals surface area contributed by atoms with Crippen LogP contribution in [0, 0.1) is 5.92 Å². The van der Waals surface area contributed by atoms with Gasteiger partial charge in [-0.1, -0.05) is 44.9 Å². The number of nitrogens with one attached hydrogen (secondary N) is 1. The first-order chi connectivity index (χ1) is 11.6. The van der Waals surface area contributed by atoms with Crippen LogP contribution < -0.4 is 5.32 Å². The van der Waals surface area contributed by atoms with Crippen LogP contribution in [0.4, 0.5) is 0 Å². The number of carbonyl (C=O) groups is 1. The Kier molecular flexibility index (Phi) is 7.86. The van der Waals surface area contributed by atoms with Crippen molar-refractivity contribution in [3.63, 3.8) is 0 Å². The molecule has 2 unspecified atom stereocenters. The molecule has 0 aromatic heterocycles. The molecule has 2 N–H and O–H groups in total. The zero-order valence-corrected chi connectivity index (χ0v) is 15.5. The molecule has 0 bridgehead atoms. The van der Waals surface area contributed by atoms with Crippen molar-refractivity contribution in [2.24, 2.45) is 5.92 Å². The lowest BCUT2D eigenvalue weighted by molar-refractivity contribution is -0.118. The van der Waals surface area contributed by atoms with Gasteiger partial charge in [-0.3, -0.25) is 4.79 Å². The SMILES string of the molecule is CC(C)CCSc1ccccc1C=CC(=O)NC1CCCCC1O. The van der Waals surface area contributed by atoms with E-state index in [4.69, 9.17) is 0 Å². The summed E-state index contributed by atoms with van der Waals surface area (Å²) in [5, 5.41) is 12.9. The van der Waals surface area contributed by atoms with Crippen LogP contribution in [-0.2, 0) is 4.79 Å². The summed E-state index contributed by atoms with van der Waals surface area (Å²) in [6, 6.07) is 8.07. The predicted molar refractivity (Wildman–Crippen MR) is 102 cm³/mol. The second-order valence-corrected chi connectivity index (χ2v) is 8.01. The van der Waals surface area contributed by atoms with Gasteiger partial charge in [0.1, 0.15) is 0 Å². The van der Waals surface area contributed by atoms with Gasteiger partial charge in [-0.15, -0.1) is 11.8 Å². The van der Waals surface area contributed by atoms with E-state index in [1.165, 1.54) is 11.3 Å². The van der Waals surface area contributed by atoms with E-state index in [9.17, 15) is 9.90 Å². The third-order valence-corrected chi connectivity index (χ3v) is 5.47. The van der Waals surface area contributed by atoms with Crippen molar-refractivity contribution in [3.8, 4) is 0 Å². The normalized spacial score (nSPS) is 21.3. The molecule has 1 aliphatic rings. The first kappa shape index (κ1) is 19.1. The lowest BCUT2D eigenvalue weighted by Gasteiger charge is -2.27. The Morgan fingerprint density at radius 1 is 1.33 bits per heavy atom. The van der Waals surface area contributed by atoms with Gasteiger partial charge in [0.05, 0.1) is 12.1 Å². The Labute approximate surface area is 149 Å². The topological polar surface area (TPSA) is 49.3 Å². The van der Waals surface area contributed by atoms with E-state index < -0.39 is 6.10 Å². The van der Waals surface area contributed by atoms with Crippen LogP contribution in [0.3, 0.4) is 0 Å². The Hall–Kier alpha value is -1.26. The molecule has 1 aromatic carbocycles. The molecule has 0 radical (unpaired) electrons. The molecule has 0 aliphatic heterocycles. The Morgan fingerprint density at radius 2 is 2.08 bits per heavy atom. The van der Waals surface area contributed by atoms with Crippen LogP contribution in [0.25, 0.3) is 6.08 Å². The number of rotatable bonds is 7. The number of amides is 1. The van der Waals surface area contributed by atoms with Crippen molar-refractivity contribution in [1.82, 2.24) is 5.32 Å². The molecule has 1 saturated carbocycles. The van der Waals surface area contributed by atoms with E-state index in [-0.39, 0.29) is 11.9 Å². The van der Waals surface area contributed by atoms with Crippen LogP contribution in [0.2, 0.25) is 0 Å². The molecule has 1 amide bonds. The monoisotopic (exact) mass is 347 g/mol. The van der Waals surface area contributed by atoms with Crippen LogP contribution in [0.1, 0.15) is 51.5 Å². The third kappa shape index (κ3) is 6.33. The first-order valence-corrected chi connectivity index (χ1v) is 9.93. The van der Waals surface area contributed by atoms with Gasteiger partial charge in [0.25, 0.3) is 0 Å². The Bertz CT molecular complexity index is 556. The third-order valence-electron chi connectivity index (χ3n) is 4.34. The molecular weight excluding hydrogens is 318 g/mol. The molecule has 0 saturated heterocycles. The lowest BCUT2D eigenvalue weighted by atomic mass is 9.92. The minimum absolute atomic E-state index is 0.105. The number of thioether (sulfide) groups is 1. The fourth-order valence-electron chi connectivity index (χ4n) is 2.83. The smallest absolute Gasteiger partial charge is 0.244 e. The maximum Gasteiger partial charge on any atom is 0.244 e. The van der Waals surface area contributed by atoms with Gasteiger partial charge in [-0.05, 0) is 48.6 Å². The fourth-order valence-corrected chi connectivity index (χ4v) is 4.12. The van der Waals surface area contributed by atoms with Gasteiger partial charge in [-0.25, -0.2) is 0 Å². The summed E-state index contributed by atoms with van der Waals surface area (Å²) in [6.07, 6.45) is 8.00. The van der Waals surface area contributed by atoms with E-state index in [0.717, 1.165) is 37.0 Å². The largest absolute Gasteiger partial charge is 0.391 e. The molecule has 1 fully saturated rings. The number of aliphatic hydroxyl groups excluding tert-OH is 1. The lowest BCUT2D eigenvalue weighted by Crippen LogP contribution is -2.44. The number of aliphatic hydroxyl groups is 1. The van der Waals surface area contributed by atoms with Crippen molar-refractivity contribution in [2.75, 3.05) is 5.75 Å². The van der Waals surface area contributed by atoms with E-state index >= 15 is 0 Å². The van der Waals surface area contributed by atoms with Gasteiger partial charge >= 0.3 is 0 Å². The standard InChI is InChI=1S/C20H29NO2S/c1-15(2)13-14-24-19-10-6-3-7-16(19)11-12-20(23)21-17-8-4-5-9-18(17)22/h3,6-7,10-12,15,17-18,22H,4-5,8-9,13-14H2,1-2H3,(H,21,23). The van der Waals surface area contributed by atoms with Gasteiger partial charge in [0, 0.05) is 11.0 Å². The van der Waals surface area contributed by atoms with Gasteiger partial charge in [-0.2, -0.15) is 0 Å². The zero-order chi connectivity index (χ0) is 17.4. The average molecular weight is 348 g/mol. The van der Waals surface area contributed by atoms with Crippen molar-refractivity contribution in [1.29, 1.82) is 0 Å². The van der Waals surface area contributed by atoms with Crippen molar-refractivity contribution < 1.29 is 9.90 Å². The molecule has 0 spiro atoms. The summed E-state index contributed by atoms with van der Waals surface area (Å²) in [5.74, 6) is 1.67. The molecular formula is C20H29NO2S. The van der Waals surface area contributed by atoms with Crippen molar-refractivity contribution in [2.45, 2.75) is 63.0 Å². The molecule has 1 aliphatic carbocycles. The highest BCUT2D eigenvalue weighted by Crippen LogP contribution is 2.25. The zero-order valence-electron chi connectivity index (χ0n) is 14.7. The summed E-state index contributed by atoms with van der Waals surface area (Å²) in [4.78, 5) is 13.3.